The molecule has 5 heteroatoms. The maximum Gasteiger partial charge on any atom is 0.137 e. The largest absolute Gasteiger partial charge is 0.370 e. The van der Waals surface area contributed by atoms with Crippen molar-refractivity contribution in [1.82, 2.24) is 14.9 Å². The molecule has 1 N–H and O–H groups in total. The van der Waals surface area contributed by atoms with Gasteiger partial charge in [0.15, 0.2) is 0 Å². The molecule has 1 unspecified atom stereocenters. The monoisotopic (exact) mass is 291 g/mol. The van der Waals surface area contributed by atoms with Crippen LogP contribution in [0.3, 0.4) is 0 Å². The molecule has 0 radical (unpaired) electrons. The van der Waals surface area contributed by atoms with Crippen molar-refractivity contribution in [1.29, 1.82) is 0 Å². The summed E-state index contributed by atoms with van der Waals surface area (Å²) in [4.78, 5) is 14.3. The molecule has 0 aromatic carbocycles. The summed E-state index contributed by atoms with van der Waals surface area (Å²) in [6.45, 7) is 12.7. The van der Waals surface area contributed by atoms with Gasteiger partial charge in [-0.2, -0.15) is 0 Å². The van der Waals surface area contributed by atoms with Crippen molar-refractivity contribution in [3.63, 3.8) is 0 Å². The van der Waals surface area contributed by atoms with Crippen LogP contribution in [0, 0.1) is 6.92 Å². The minimum Gasteiger partial charge on any atom is -0.370 e. The van der Waals surface area contributed by atoms with Crippen LogP contribution in [0.25, 0.3) is 0 Å². The molecule has 1 atom stereocenters. The fourth-order valence-electron chi connectivity index (χ4n) is 2.93. The lowest BCUT2D eigenvalue weighted by molar-refractivity contribution is 0.212. The highest BCUT2D eigenvalue weighted by molar-refractivity contribution is 5.59. The van der Waals surface area contributed by atoms with E-state index in [4.69, 9.17) is 4.98 Å². The Kier molecular flexibility index (Phi) is 5.39. The van der Waals surface area contributed by atoms with E-state index in [1.54, 1.807) is 0 Å². The number of anilines is 2. The Morgan fingerprint density at radius 1 is 1.19 bits per heavy atom. The summed E-state index contributed by atoms with van der Waals surface area (Å²) in [7, 11) is 2.22. The van der Waals surface area contributed by atoms with E-state index in [1.165, 1.54) is 12.0 Å². The van der Waals surface area contributed by atoms with Crippen LogP contribution < -0.4 is 10.2 Å². The van der Waals surface area contributed by atoms with Gasteiger partial charge >= 0.3 is 0 Å². The van der Waals surface area contributed by atoms with E-state index in [0.717, 1.165) is 50.1 Å². The van der Waals surface area contributed by atoms with Gasteiger partial charge in [-0.15, -0.1) is 0 Å². The number of hydrogen-bond acceptors (Lipinski definition) is 5. The fraction of sp³-hybridized carbons (Fsp3) is 0.750. The zero-order valence-corrected chi connectivity index (χ0v) is 14.1. The number of piperazine rings is 1. The molecule has 0 spiro atoms. The Morgan fingerprint density at radius 2 is 1.95 bits per heavy atom. The highest BCUT2D eigenvalue weighted by atomic mass is 15.3. The van der Waals surface area contributed by atoms with Crippen LogP contribution >= 0.6 is 0 Å². The summed E-state index contributed by atoms with van der Waals surface area (Å²) in [5, 5.41) is 3.38. The molecule has 5 nitrogen and oxygen atoms in total. The smallest absolute Gasteiger partial charge is 0.137 e. The SMILES string of the molecule is CCNc1nc(CC)nc(N2CCN(C)C(CC)C2)c1C. The lowest BCUT2D eigenvalue weighted by Gasteiger charge is -2.40. The van der Waals surface area contributed by atoms with E-state index in [2.05, 4.69) is 54.8 Å². The molecular weight excluding hydrogens is 262 g/mol. The van der Waals surface area contributed by atoms with Gasteiger partial charge in [0.05, 0.1) is 0 Å². The highest BCUT2D eigenvalue weighted by Crippen LogP contribution is 2.26. The molecule has 0 bridgehead atoms. The summed E-state index contributed by atoms with van der Waals surface area (Å²) in [6, 6.07) is 0.612. The van der Waals surface area contributed by atoms with E-state index in [0.29, 0.717) is 6.04 Å². The molecule has 2 heterocycles. The first-order valence-corrected chi connectivity index (χ1v) is 8.17. The van der Waals surface area contributed by atoms with E-state index in [-0.39, 0.29) is 0 Å². The van der Waals surface area contributed by atoms with Crippen molar-refractivity contribution in [2.75, 3.05) is 43.4 Å². The number of aromatic nitrogens is 2. The maximum atomic E-state index is 4.81. The van der Waals surface area contributed by atoms with Crippen LogP contribution in [0.1, 0.15) is 38.6 Å². The molecular formula is C16H29N5. The quantitative estimate of drug-likeness (QED) is 0.902. The second-order valence-corrected chi connectivity index (χ2v) is 5.81. The minimum absolute atomic E-state index is 0.612. The number of nitrogens with zero attached hydrogens (tertiary/aromatic N) is 4. The van der Waals surface area contributed by atoms with E-state index in [1.807, 2.05) is 0 Å². The molecule has 2 rings (SSSR count). The van der Waals surface area contributed by atoms with Gasteiger partial charge < -0.3 is 10.2 Å². The summed E-state index contributed by atoms with van der Waals surface area (Å²) in [5.41, 5.74) is 1.17. The van der Waals surface area contributed by atoms with Crippen molar-refractivity contribution >= 4 is 11.6 Å². The molecule has 0 amide bonds. The normalized spacial score (nSPS) is 19.9. The predicted octanol–water partition coefficient (Wildman–Crippen LogP) is 2.31. The van der Waals surface area contributed by atoms with Crippen molar-refractivity contribution < 1.29 is 0 Å². The van der Waals surface area contributed by atoms with Gasteiger partial charge in [-0.1, -0.05) is 13.8 Å². The number of hydrogen-bond donors (Lipinski definition) is 1. The first-order chi connectivity index (χ1) is 10.1. The molecule has 1 aromatic rings. The number of likely N-dealkylation sites (N-methyl/N-ethyl adjacent to an activating group) is 1. The summed E-state index contributed by atoms with van der Waals surface area (Å²) in [6.07, 6.45) is 2.05. The third kappa shape index (κ3) is 3.46. The van der Waals surface area contributed by atoms with Gasteiger partial charge in [0.25, 0.3) is 0 Å². The van der Waals surface area contributed by atoms with Crippen LogP contribution in [0.2, 0.25) is 0 Å². The molecule has 118 valence electrons. The number of aryl methyl sites for hydroxylation is 1. The molecule has 1 aliphatic heterocycles. The second-order valence-electron chi connectivity index (χ2n) is 5.81. The maximum absolute atomic E-state index is 4.81. The van der Waals surface area contributed by atoms with Crippen LogP contribution in [0.4, 0.5) is 11.6 Å². The van der Waals surface area contributed by atoms with E-state index < -0.39 is 0 Å². The van der Waals surface area contributed by atoms with Crippen molar-refractivity contribution in [2.45, 2.75) is 46.6 Å². The average molecular weight is 291 g/mol. The van der Waals surface area contributed by atoms with Crippen molar-refractivity contribution in [3.8, 4) is 0 Å². The molecule has 1 saturated heterocycles. The van der Waals surface area contributed by atoms with Gasteiger partial charge in [-0.05, 0) is 27.3 Å². The number of nitrogens with one attached hydrogen (secondary N) is 1. The fourth-order valence-corrected chi connectivity index (χ4v) is 2.93. The first-order valence-electron chi connectivity index (χ1n) is 8.17. The van der Waals surface area contributed by atoms with Crippen LogP contribution in [0.15, 0.2) is 0 Å². The third-order valence-electron chi connectivity index (χ3n) is 4.37. The Morgan fingerprint density at radius 3 is 2.57 bits per heavy atom. The molecule has 0 saturated carbocycles. The Balaban J connectivity index is 2.31. The lowest BCUT2D eigenvalue weighted by atomic mass is 10.1. The Labute approximate surface area is 128 Å². The molecule has 1 aromatic heterocycles. The summed E-state index contributed by atoms with van der Waals surface area (Å²) < 4.78 is 0. The van der Waals surface area contributed by atoms with Gasteiger partial charge in [0, 0.05) is 44.2 Å². The van der Waals surface area contributed by atoms with Crippen LogP contribution in [-0.2, 0) is 6.42 Å². The minimum atomic E-state index is 0.612. The molecule has 1 fully saturated rings. The topological polar surface area (TPSA) is 44.3 Å². The summed E-state index contributed by atoms with van der Waals surface area (Å²) >= 11 is 0. The molecule has 0 aliphatic carbocycles. The van der Waals surface area contributed by atoms with Crippen molar-refractivity contribution in [2.24, 2.45) is 0 Å². The van der Waals surface area contributed by atoms with Gasteiger partial charge in [0.2, 0.25) is 0 Å². The average Bonchev–Trinajstić information content (AvgIpc) is 2.50. The first kappa shape index (κ1) is 16.0. The predicted molar refractivity (Wildman–Crippen MR) is 89.2 cm³/mol. The Bertz CT molecular complexity index is 474. The van der Waals surface area contributed by atoms with Crippen molar-refractivity contribution in [3.05, 3.63) is 11.4 Å². The van der Waals surface area contributed by atoms with Crippen LogP contribution in [0.5, 0.6) is 0 Å². The lowest BCUT2D eigenvalue weighted by Crippen LogP contribution is -2.51. The molecule has 21 heavy (non-hydrogen) atoms. The van der Waals surface area contributed by atoms with Crippen LogP contribution in [-0.4, -0.2) is 54.1 Å². The zero-order chi connectivity index (χ0) is 15.4. The third-order valence-corrected chi connectivity index (χ3v) is 4.37. The highest BCUT2D eigenvalue weighted by Gasteiger charge is 2.25. The second kappa shape index (κ2) is 7.07. The van der Waals surface area contributed by atoms with E-state index >= 15 is 0 Å². The zero-order valence-electron chi connectivity index (χ0n) is 14.1. The van der Waals surface area contributed by atoms with Gasteiger partial charge in [-0.25, -0.2) is 9.97 Å². The van der Waals surface area contributed by atoms with Gasteiger partial charge in [-0.3, -0.25) is 4.90 Å². The van der Waals surface area contributed by atoms with E-state index in [9.17, 15) is 0 Å². The molecule has 1 aliphatic rings. The number of rotatable bonds is 5. The van der Waals surface area contributed by atoms with Gasteiger partial charge in [0.1, 0.15) is 17.5 Å². The summed E-state index contributed by atoms with van der Waals surface area (Å²) in [5.74, 6) is 3.04. The standard InChI is InChI=1S/C16H29N5/c1-6-13-11-21(10-9-20(13)5)16-12(4)15(17-8-3)18-14(7-2)19-16/h13H,6-11H2,1-5H3,(H,17,18,19). The Hall–Kier alpha value is -1.36.